The summed E-state index contributed by atoms with van der Waals surface area (Å²) in [5.74, 6) is 0. The van der Waals surface area contributed by atoms with Crippen molar-refractivity contribution in [3.63, 3.8) is 0 Å². The first-order valence-electron chi connectivity index (χ1n) is 3.10. The van der Waals surface area contributed by atoms with Gasteiger partial charge >= 0.3 is 0 Å². The molecule has 0 bridgehead atoms. The fourth-order valence-corrected chi connectivity index (χ4v) is 1.02. The third-order valence-electron chi connectivity index (χ3n) is 1.30. The highest BCUT2D eigenvalue weighted by atomic mass is 35.5. The maximum Gasteiger partial charge on any atom is 0.183 e. The summed E-state index contributed by atoms with van der Waals surface area (Å²) in [7, 11) is 0. The van der Waals surface area contributed by atoms with Crippen LogP contribution in [0.5, 0.6) is 0 Å². The molecule has 2 nitrogen and oxygen atoms in total. The zero-order valence-electron chi connectivity index (χ0n) is 5.67. The summed E-state index contributed by atoms with van der Waals surface area (Å²) in [4.78, 5) is 10.7. The molecule has 0 saturated carbocycles. The number of aryl methyl sites for hydroxylation is 1. The maximum absolute atomic E-state index is 10.7. The van der Waals surface area contributed by atoms with Gasteiger partial charge in [0, 0.05) is 24.9 Å². The van der Waals surface area contributed by atoms with Crippen LogP contribution in [0, 0.1) is 0 Å². The Bertz CT molecular complexity index is 279. The number of nitrogens with zero attached hydrogens (tertiary/aromatic N) is 1. The SMILES string of the molecule is CCn1ccc(=O)cc1Cl. The smallest absolute Gasteiger partial charge is 0.183 e. The minimum absolute atomic E-state index is 0.0466. The van der Waals surface area contributed by atoms with Crippen LogP contribution in [-0.4, -0.2) is 4.57 Å². The summed E-state index contributed by atoms with van der Waals surface area (Å²) in [6.45, 7) is 2.76. The fraction of sp³-hybridized carbons (Fsp3) is 0.286. The molecule has 0 atom stereocenters. The molecule has 0 saturated heterocycles. The van der Waals surface area contributed by atoms with Crippen molar-refractivity contribution in [3.8, 4) is 0 Å². The zero-order valence-corrected chi connectivity index (χ0v) is 6.43. The first-order valence-corrected chi connectivity index (χ1v) is 3.48. The lowest BCUT2D eigenvalue weighted by Crippen LogP contribution is -2.04. The van der Waals surface area contributed by atoms with Gasteiger partial charge in [-0.15, -0.1) is 0 Å². The molecule has 0 aliphatic heterocycles. The second-order valence-electron chi connectivity index (χ2n) is 1.97. The molecule has 10 heavy (non-hydrogen) atoms. The summed E-state index contributed by atoms with van der Waals surface area (Å²) in [5, 5.41) is 0.495. The Morgan fingerprint density at radius 1 is 1.70 bits per heavy atom. The predicted octanol–water partition coefficient (Wildman–Crippen LogP) is 1.52. The van der Waals surface area contributed by atoms with Crippen LogP contribution in [0.15, 0.2) is 23.1 Å². The topological polar surface area (TPSA) is 22.0 Å². The van der Waals surface area contributed by atoms with E-state index in [0.29, 0.717) is 5.15 Å². The molecule has 0 aromatic carbocycles. The third kappa shape index (κ3) is 1.39. The van der Waals surface area contributed by atoms with E-state index in [9.17, 15) is 4.79 Å². The lowest BCUT2D eigenvalue weighted by molar-refractivity contribution is 0.755. The summed E-state index contributed by atoms with van der Waals surface area (Å²) in [5.41, 5.74) is -0.0466. The molecular weight excluding hydrogens is 150 g/mol. The predicted molar refractivity (Wildman–Crippen MR) is 41.4 cm³/mol. The van der Waals surface area contributed by atoms with Gasteiger partial charge < -0.3 is 4.57 Å². The van der Waals surface area contributed by atoms with E-state index in [2.05, 4.69) is 0 Å². The molecule has 3 heteroatoms. The van der Waals surface area contributed by atoms with E-state index in [4.69, 9.17) is 11.6 Å². The molecule has 1 aromatic rings. The van der Waals surface area contributed by atoms with E-state index in [1.54, 1.807) is 10.8 Å². The minimum atomic E-state index is -0.0466. The van der Waals surface area contributed by atoms with Crippen LogP contribution >= 0.6 is 11.6 Å². The highest BCUT2D eigenvalue weighted by Gasteiger charge is 1.92. The molecule has 0 aliphatic carbocycles. The fourth-order valence-electron chi connectivity index (χ4n) is 0.740. The van der Waals surface area contributed by atoms with Crippen molar-refractivity contribution in [3.05, 3.63) is 33.7 Å². The van der Waals surface area contributed by atoms with Crippen molar-refractivity contribution in [2.45, 2.75) is 13.5 Å². The normalized spacial score (nSPS) is 9.80. The second-order valence-corrected chi connectivity index (χ2v) is 2.36. The Hall–Kier alpha value is -0.760. The van der Waals surface area contributed by atoms with Gasteiger partial charge in [0.1, 0.15) is 5.15 Å². The number of hydrogen-bond donors (Lipinski definition) is 0. The van der Waals surface area contributed by atoms with Gasteiger partial charge in [0.25, 0.3) is 0 Å². The highest BCUT2D eigenvalue weighted by Crippen LogP contribution is 2.03. The molecule has 54 valence electrons. The van der Waals surface area contributed by atoms with Crippen molar-refractivity contribution in [2.24, 2.45) is 0 Å². The monoisotopic (exact) mass is 157 g/mol. The lowest BCUT2D eigenvalue weighted by Gasteiger charge is -2.02. The average Bonchev–Trinajstić information content (AvgIpc) is 1.88. The van der Waals surface area contributed by atoms with E-state index in [1.807, 2.05) is 6.92 Å². The molecule has 0 amide bonds. The van der Waals surface area contributed by atoms with Crippen molar-refractivity contribution in [2.75, 3.05) is 0 Å². The van der Waals surface area contributed by atoms with Crippen LogP contribution in [0.3, 0.4) is 0 Å². The number of hydrogen-bond acceptors (Lipinski definition) is 1. The highest BCUT2D eigenvalue weighted by molar-refractivity contribution is 6.29. The van der Waals surface area contributed by atoms with Crippen molar-refractivity contribution in [1.29, 1.82) is 0 Å². The van der Waals surface area contributed by atoms with Gasteiger partial charge in [0.15, 0.2) is 5.43 Å². The van der Waals surface area contributed by atoms with Crippen LogP contribution in [0.1, 0.15) is 6.92 Å². The molecule has 0 spiro atoms. The van der Waals surface area contributed by atoms with Gasteiger partial charge in [0.2, 0.25) is 0 Å². The van der Waals surface area contributed by atoms with Gasteiger partial charge in [-0.25, -0.2) is 0 Å². The molecule has 0 aliphatic rings. The van der Waals surface area contributed by atoms with E-state index < -0.39 is 0 Å². The molecule has 1 heterocycles. The van der Waals surface area contributed by atoms with Crippen LogP contribution in [0.2, 0.25) is 5.15 Å². The lowest BCUT2D eigenvalue weighted by atomic mass is 10.4. The maximum atomic E-state index is 10.7. The van der Waals surface area contributed by atoms with Crippen molar-refractivity contribution >= 4 is 11.6 Å². The Morgan fingerprint density at radius 3 is 2.90 bits per heavy atom. The van der Waals surface area contributed by atoms with E-state index in [0.717, 1.165) is 6.54 Å². The first-order chi connectivity index (χ1) is 4.74. The summed E-state index contributed by atoms with van der Waals surface area (Å²) >= 11 is 5.69. The van der Waals surface area contributed by atoms with Crippen molar-refractivity contribution < 1.29 is 0 Å². The van der Waals surface area contributed by atoms with Crippen molar-refractivity contribution in [1.82, 2.24) is 4.57 Å². The van der Waals surface area contributed by atoms with Crippen LogP contribution in [0.4, 0.5) is 0 Å². The average molecular weight is 158 g/mol. The number of pyridine rings is 1. The molecular formula is C7H8ClNO. The van der Waals surface area contributed by atoms with Crippen LogP contribution in [0.25, 0.3) is 0 Å². The van der Waals surface area contributed by atoms with E-state index in [1.165, 1.54) is 12.1 Å². The number of halogens is 1. The second kappa shape index (κ2) is 2.88. The quantitative estimate of drug-likeness (QED) is 0.567. The number of aromatic nitrogens is 1. The van der Waals surface area contributed by atoms with Gasteiger partial charge in [-0.2, -0.15) is 0 Å². The van der Waals surface area contributed by atoms with Crippen LogP contribution < -0.4 is 5.43 Å². The zero-order chi connectivity index (χ0) is 7.56. The van der Waals surface area contributed by atoms with Crippen LogP contribution in [-0.2, 0) is 6.54 Å². The Kier molecular flexibility index (Phi) is 2.12. The molecule has 1 rings (SSSR count). The molecule has 1 aromatic heterocycles. The summed E-state index contributed by atoms with van der Waals surface area (Å²) in [6.07, 6.45) is 1.69. The van der Waals surface area contributed by atoms with Gasteiger partial charge in [-0.05, 0) is 6.92 Å². The van der Waals surface area contributed by atoms with Gasteiger partial charge in [-0.3, -0.25) is 4.79 Å². The molecule has 0 fully saturated rings. The molecule has 0 unspecified atom stereocenters. The van der Waals surface area contributed by atoms with E-state index in [-0.39, 0.29) is 5.43 Å². The molecule has 0 radical (unpaired) electrons. The Morgan fingerprint density at radius 2 is 2.40 bits per heavy atom. The Labute approximate surface area is 64.1 Å². The largest absolute Gasteiger partial charge is 0.339 e. The van der Waals surface area contributed by atoms with Gasteiger partial charge in [-0.1, -0.05) is 11.6 Å². The third-order valence-corrected chi connectivity index (χ3v) is 1.62. The molecule has 0 N–H and O–H groups in total. The summed E-state index contributed by atoms with van der Waals surface area (Å²) < 4.78 is 1.79. The van der Waals surface area contributed by atoms with Gasteiger partial charge in [0.05, 0.1) is 0 Å². The van der Waals surface area contributed by atoms with E-state index >= 15 is 0 Å². The summed E-state index contributed by atoms with van der Waals surface area (Å²) in [6, 6.07) is 2.90. The minimum Gasteiger partial charge on any atom is -0.339 e. The first kappa shape index (κ1) is 7.35. The standard InChI is InChI=1S/C7H8ClNO/c1-2-9-4-3-6(10)5-7(9)8/h3-5H,2H2,1H3. The Balaban J connectivity index is 3.19. The number of rotatable bonds is 1.